The van der Waals surface area contributed by atoms with Crippen molar-refractivity contribution in [2.45, 2.75) is 222 Å². The number of hydrogen-bond acceptors (Lipinski definition) is 6. The Labute approximate surface area is 360 Å². The van der Waals surface area contributed by atoms with Crippen molar-refractivity contribution in [2.75, 3.05) is 0 Å². The quantitative estimate of drug-likeness (QED) is 0.0865. The van der Waals surface area contributed by atoms with Gasteiger partial charge in [0.15, 0.2) is 25.0 Å². The summed E-state index contributed by atoms with van der Waals surface area (Å²) in [5, 5.41) is 10.0. The molecule has 0 unspecified atom stereocenters. The Morgan fingerprint density at radius 3 is 1.78 bits per heavy atom. The van der Waals surface area contributed by atoms with E-state index in [2.05, 4.69) is 146 Å². The van der Waals surface area contributed by atoms with Gasteiger partial charge in [-0.25, -0.2) is 0 Å². The number of nitrogens with zero attached hydrogens (tertiary/aromatic N) is 1. The third-order valence-corrected chi connectivity index (χ3v) is 27.3. The number of rotatable bonds is 23. The summed E-state index contributed by atoms with van der Waals surface area (Å²) in [6.07, 6.45) is 10.3. The van der Waals surface area contributed by atoms with Crippen LogP contribution in [0.5, 0.6) is 0 Å². The minimum Gasteiger partial charge on any atom is -0.481 e. The Bertz CT molecular complexity index is 1510. The molecule has 0 fully saturated rings. The van der Waals surface area contributed by atoms with Gasteiger partial charge in [-0.2, -0.15) is 0 Å². The molecule has 0 saturated heterocycles. The lowest BCUT2D eigenvalue weighted by Gasteiger charge is -2.47. The summed E-state index contributed by atoms with van der Waals surface area (Å²) < 4.78 is 21.2. The van der Waals surface area contributed by atoms with E-state index in [0.29, 0.717) is 6.42 Å². The first-order valence-corrected chi connectivity index (χ1v) is 30.9. The van der Waals surface area contributed by atoms with Gasteiger partial charge in [-0.05, 0) is 130 Å². The maximum absolute atomic E-state index is 15.1. The maximum Gasteiger partial charge on any atom is 0.305 e. The molecule has 7 nitrogen and oxygen atoms in total. The van der Waals surface area contributed by atoms with Gasteiger partial charge in [-0.3, -0.25) is 14.6 Å². The minimum absolute atomic E-state index is 0.0334. The third kappa shape index (κ3) is 16.0. The van der Waals surface area contributed by atoms with E-state index in [1.165, 1.54) is 11.1 Å². The first kappa shape index (κ1) is 54.3. The highest BCUT2D eigenvalue weighted by Crippen LogP contribution is 2.45. The van der Waals surface area contributed by atoms with Gasteiger partial charge in [0.2, 0.25) is 0 Å². The van der Waals surface area contributed by atoms with Crippen LogP contribution >= 0.6 is 0 Å². The number of carboxylic acids is 1. The van der Waals surface area contributed by atoms with Crippen LogP contribution in [0.25, 0.3) is 6.08 Å². The Balaban J connectivity index is 3.50. The predicted molar refractivity (Wildman–Crippen MR) is 255 cm³/mol. The van der Waals surface area contributed by atoms with Crippen LogP contribution in [0.1, 0.15) is 154 Å². The molecule has 0 aliphatic carbocycles. The molecule has 0 spiro atoms. The Morgan fingerprint density at radius 1 is 0.793 bits per heavy atom. The molecular formula is C48H89NO6Si3. The lowest BCUT2D eigenvalue weighted by molar-refractivity contribution is -0.147. The van der Waals surface area contributed by atoms with Crippen molar-refractivity contribution in [3.05, 3.63) is 47.3 Å². The number of ketones is 1. The van der Waals surface area contributed by atoms with Crippen molar-refractivity contribution >= 4 is 42.8 Å². The predicted octanol–water partition coefficient (Wildman–Crippen LogP) is 14.3. The summed E-state index contributed by atoms with van der Waals surface area (Å²) in [7, 11) is -6.75. The Morgan fingerprint density at radius 2 is 1.31 bits per heavy atom. The number of hydrogen-bond donors (Lipinski definition) is 1. The third-order valence-electron chi connectivity index (χ3n) is 13.9. The lowest BCUT2D eigenvalue weighted by Crippen LogP contribution is -2.55. The van der Waals surface area contributed by atoms with Crippen LogP contribution in [0, 0.1) is 17.3 Å². The number of allylic oxidation sites excluding steroid dienone is 1. The zero-order valence-electron chi connectivity index (χ0n) is 41.2. The zero-order valence-corrected chi connectivity index (χ0v) is 44.2. The molecule has 5 atom stereocenters. The molecule has 0 aromatic carbocycles. The molecule has 0 bridgehead atoms. The van der Waals surface area contributed by atoms with E-state index in [0.717, 1.165) is 37.8 Å². The lowest BCUT2D eigenvalue weighted by atomic mass is 9.71. The molecule has 1 rings (SSSR count). The highest BCUT2D eigenvalue weighted by atomic mass is 28.4. The Kier molecular flexibility index (Phi) is 20.0. The molecule has 1 N–H and O–H groups in total. The number of carboxylic acid groups (broad SMARTS) is 1. The van der Waals surface area contributed by atoms with Crippen LogP contribution in [-0.2, 0) is 22.9 Å². The highest BCUT2D eigenvalue weighted by Gasteiger charge is 2.50. The van der Waals surface area contributed by atoms with E-state index in [-0.39, 0.29) is 51.4 Å². The zero-order chi connectivity index (χ0) is 45.3. The molecule has 1 aromatic rings. The molecular weight excluding hydrogens is 771 g/mol. The van der Waals surface area contributed by atoms with E-state index in [1.54, 1.807) is 0 Å². The number of Topliss-reactive ketones (excluding diaryl/α,β-unsaturated/α-hetero) is 1. The summed E-state index contributed by atoms with van der Waals surface area (Å²) in [4.78, 5) is 32.0. The summed E-state index contributed by atoms with van der Waals surface area (Å²) in [5.74, 6) is -1.13. The molecule has 10 heteroatoms. The SMILES string of the molecule is CCC[C@@H](C(=O)C(C)(C)[C@H](CC(=O)O)O[Si](C)(C)C(C)(C)C)[C@@H](O[Si](C)(C)C(C)(C)C)[C@@H](C)CCC/C(C)=C\C[C@H](O[Si](C)(C)C(C)(C)C)/C(C)=C/c1ccccn1. The van der Waals surface area contributed by atoms with Crippen molar-refractivity contribution in [1.29, 1.82) is 0 Å². The second kappa shape index (κ2) is 21.4. The summed E-state index contributed by atoms with van der Waals surface area (Å²) in [6, 6.07) is 6.00. The summed E-state index contributed by atoms with van der Waals surface area (Å²) in [5.41, 5.74) is 2.44. The monoisotopic (exact) mass is 860 g/mol. The fourth-order valence-electron chi connectivity index (χ4n) is 6.56. The van der Waals surface area contributed by atoms with E-state index in [1.807, 2.05) is 38.2 Å². The topological polar surface area (TPSA) is 95.0 Å². The molecule has 0 amide bonds. The van der Waals surface area contributed by atoms with Gasteiger partial charge in [-0.15, -0.1) is 0 Å². The Hall–Kier alpha value is -1.70. The van der Waals surface area contributed by atoms with E-state index in [4.69, 9.17) is 13.3 Å². The molecule has 1 aromatic heterocycles. The number of carbonyl (C=O) groups excluding carboxylic acids is 1. The van der Waals surface area contributed by atoms with Gasteiger partial charge < -0.3 is 18.4 Å². The van der Waals surface area contributed by atoms with E-state index in [9.17, 15) is 9.90 Å². The average Bonchev–Trinajstić information content (AvgIpc) is 3.06. The van der Waals surface area contributed by atoms with Gasteiger partial charge in [0.05, 0.1) is 30.4 Å². The van der Waals surface area contributed by atoms with Gasteiger partial charge in [-0.1, -0.05) is 114 Å². The van der Waals surface area contributed by atoms with Crippen LogP contribution in [-0.4, -0.2) is 65.1 Å². The normalized spacial score (nSPS) is 17.1. The molecule has 1 heterocycles. The van der Waals surface area contributed by atoms with Crippen LogP contribution in [0.15, 0.2) is 41.6 Å². The summed E-state index contributed by atoms with van der Waals surface area (Å²) in [6.45, 7) is 46.1. The van der Waals surface area contributed by atoms with Gasteiger partial charge >= 0.3 is 5.97 Å². The molecule has 334 valence electrons. The van der Waals surface area contributed by atoms with Crippen LogP contribution in [0.4, 0.5) is 0 Å². The first-order valence-electron chi connectivity index (χ1n) is 22.2. The largest absolute Gasteiger partial charge is 0.481 e. The van der Waals surface area contributed by atoms with Crippen molar-refractivity contribution in [1.82, 2.24) is 4.98 Å². The van der Waals surface area contributed by atoms with Crippen molar-refractivity contribution in [2.24, 2.45) is 17.3 Å². The maximum atomic E-state index is 15.1. The van der Waals surface area contributed by atoms with Gasteiger partial charge in [0.1, 0.15) is 5.78 Å². The van der Waals surface area contributed by atoms with Crippen molar-refractivity contribution in [3.63, 3.8) is 0 Å². The second-order valence-electron chi connectivity index (χ2n) is 22.5. The standard InChI is InChI=1S/C48H89NO6Si3/c1-22-26-39(44(52)48(14,15)41(34-42(50)51)54-57(18,19)46(8,9)10)43(55-58(20,21)47(11,12)13)36(3)28-25-27-35(2)30-31-40(53-56(16,17)45(5,6)7)37(4)33-38-29-23-24-32-49-38/h23-24,29-30,32-33,36,39-41,43H,22,25-28,31,34H2,1-21H3,(H,50,51)/b35-30-,37-33+/t36-,39+,40-,41-,43-/m0/s1. The number of carbonyl (C=O) groups is 2. The number of aliphatic carboxylic acids is 1. The van der Waals surface area contributed by atoms with Crippen LogP contribution < -0.4 is 0 Å². The summed E-state index contributed by atoms with van der Waals surface area (Å²) >= 11 is 0. The van der Waals surface area contributed by atoms with Crippen molar-refractivity contribution < 1.29 is 28.0 Å². The van der Waals surface area contributed by atoms with Crippen molar-refractivity contribution in [3.8, 4) is 0 Å². The molecule has 0 aliphatic heterocycles. The molecule has 0 radical (unpaired) electrons. The first-order chi connectivity index (χ1) is 26.1. The molecule has 0 aliphatic rings. The van der Waals surface area contributed by atoms with Crippen LogP contribution in [0.2, 0.25) is 54.4 Å². The number of aromatic nitrogens is 1. The fourth-order valence-corrected chi connectivity index (χ4v) is 10.8. The molecule has 58 heavy (non-hydrogen) atoms. The minimum atomic E-state index is -2.40. The smallest absolute Gasteiger partial charge is 0.305 e. The van der Waals surface area contributed by atoms with Gasteiger partial charge in [0, 0.05) is 17.5 Å². The van der Waals surface area contributed by atoms with Crippen LogP contribution in [0.3, 0.4) is 0 Å². The average molecular weight is 860 g/mol. The highest BCUT2D eigenvalue weighted by molar-refractivity contribution is 6.75. The fraction of sp³-hybridized carbons (Fsp3) is 0.771. The number of pyridine rings is 1. The molecule has 0 saturated carbocycles. The van der Waals surface area contributed by atoms with Gasteiger partial charge in [0.25, 0.3) is 0 Å². The van der Waals surface area contributed by atoms with E-state index < -0.39 is 42.4 Å². The van der Waals surface area contributed by atoms with E-state index >= 15 is 4.79 Å². The second-order valence-corrected chi connectivity index (χ2v) is 36.7.